The average Bonchev–Trinajstić information content (AvgIpc) is 3.91. The number of allylic oxidation sites excluding steroid dienone is 1. The Labute approximate surface area is 367 Å². The Morgan fingerprint density at radius 3 is 2.40 bits per heavy atom. The lowest BCUT2D eigenvalue weighted by Gasteiger charge is -2.43. The van der Waals surface area contributed by atoms with Gasteiger partial charge in [0.1, 0.15) is 46.7 Å². The van der Waals surface area contributed by atoms with Crippen molar-refractivity contribution in [3.05, 3.63) is 84.4 Å². The van der Waals surface area contributed by atoms with Gasteiger partial charge in [0.05, 0.1) is 36.8 Å². The van der Waals surface area contributed by atoms with Gasteiger partial charge in [-0.25, -0.2) is 9.00 Å². The fraction of sp³-hybridized carbons (Fsp3) is 0.596. The zero-order valence-corrected chi connectivity index (χ0v) is 37.4. The van der Waals surface area contributed by atoms with Crippen LogP contribution in [0.4, 0.5) is 0 Å². The van der Waals surface area contributed by atoms with Gasteiger partial charge in [0.2, 0.25) is 17.7 Å². The predicted octanol–water partition coefficient (Wildman–Crippen LogP) is 4.93. The standard InChI is InChI=1S/C47H63N5O9S/c1-7-13-35(43(54)49-62(59)32-19-20-32)48-44(55)39-24-31(61-41-26-37(28-14-9-8-10-15-28)50(5)38-23-30(60-6)18-21-33(38)41)27-51(39)45(56)34(47(2,3)4)25-42(53)52-36-17-12-11-16-29(36)22-40(52)46(57)58/h7-10,14-15,18,21,23,26,29,31-40H,1,11-13,16-17,19-20,22,24-25,27H2,2-6H3,(H,48,55)(H,49,54)(H,57,58)/t29?,31?,33?,34-,35-,36?,37?,38?,39+,40?,62?/m1/s1. The number of carbonyl (C=O) groups excluding carboxylic acids is 4. The molecule has 1 aromatic rings. The van der Waals surface area contributed by atoms with Crippen LogP contribution in [0, 0.1) is 23.2 Å². The Balaban J connectivity index is 1.19. The Morgan fingerprint density at radius 1 is 1.02 bits per heavy atom. The maximum atomic E-state index is 15.2. The number of likely N-dealkylation sites (tertiary alicyclic amines) is 2. The van der Waals surface area contributed by atoms with Crippen molar-refractivity contribution in [2.45, 2.75) is 133 Å². The molecule has 6 aliphatic rings. The van der Waals surface area contributed by atoms with Crippen LogP contribution < -0.4 is 10.0 Å². The fourth-order valence-corrected chi connectivity index (χ4v) is 11.2. The fourth-order valence-electron chi connectivity index (χ4n) is 10.1. The monoisotopic (exact) mass is 873 g/mol. The van der Waals surface area contributed by atoms with Crippen LogP contribution in [0.25, 0.3) is 0 Å². The maximum Gasteiger partial charge on any atom is 0.326 e. The van der Waals surface area contributed by atoms with Gasteiger partial charge >= 0.3 is 5.97 Å². The van der Waals surface area contributed by atoms with Crippen LogP contribution in [0.5, 0.6) is 0 Å². The third kappa shape index (κ3) is 9.73. The number of methoxy groups -OCH3 is 1. The SMILES string of the molecule is C=CC[C@@H](NC(=O)[C@@H]1CC(OC2=CC(c3ccccc3)N(C)C3C=C(OC)C=CC23)CN1C(=O)[C@@H](CC(=O)N1C(C(=O)O)CC2CCCCC21)C(C)(C)C)C(=O)NS(=O)C1CC1. The molecule has 8 unspecified atom stereocenters. The number of fused-ring (bicyclic) bond motifs is 2. The normalized spacial score (nSPS) is 29.8. The topological polar surface area (TPSA) is 175 Å². The van der Waals surface area contributed by atoms with E-state index >= 15 is 4.79 Å². The molecule has 3 aliphatic carbocycles. The highest BCUT2D eigenvalue weighted by Crippen LogP contribution is 2.44. The molecule has 0 radical (unpaired) electrons. The van der Waals surface area contributed by atoms with Gasteiger partial charge in [-0.1, -0.05) is 76.1 Å². The molecular formula is C47H63N5O9S. The van der Waals surface area contributed by atoms with Crippen LogP contribution >= 0.6 is 0 Å². The van der Waals surface area contributed by atoms with E-state index in [0.29, 0.717) is 12.2 Å². The molecule has 62 heavy (non-hydrogen) atoms. The van der Waals surface area contributed by atoms with E-state index in [4.69, 9.17) is 9.47 Å². The third-order valence-corrected chi connectivity index (χ3v) is 15.2. The average molecular weight is 874 g/mol. The van der Waals surface area contributed by atoms with Gasteiger partial charge in [0.15, 0.2) is 0 Å². The van der Waals surface area contributed by atoms with Crippen molar-refractivity contribution >= 4 is 40.6 Å². The van der Waals surface area contributed by atoms with Crippen LogP contribution in [-0.4, -0.2) is 116 Å². The van der Waals surface area contributed by atoms with Crippen molar-refractivity contribution in [3.63, 3.8) is 0 Å². The molecule has 2 saturated heterocycles. The number of hydrogen-bond acceptors (Lipinski definition) is 9. The van der Waals surface area contributed by atoms with E-state index in [9.17, 15) is 28.5 Å². The molecule has 4 amide bonds. The first-order valence-electron chi connectivity index (χ1n) is 22.2. The van der Waals surface area contributed by atoms with E-state index in [1.54, 1.807) is 7.11 Å². The summed E-state index contributed by atoms with van der Waals surface area (Å²) >= 11 is 0. The molecule has 3 N–H and O–H groups in total. The first-order chi connectivity index (χ1) is 29.6. The molecule has 14 nitrogen and oxygen atoms in total. The summed E-state index contributed by atoms with van der Waals surface area (Å²) in [5, 5.41) is 13.0. The molecule has 4 fully saturated rings. The Bertz CT molecular complexity index is 2010. The number of aliphatic carboxylic acids is 1. The van der Waals surface area contributed by atoms with E-state index < -0.39 is 70.2 Å². The first-order valence-corrected chi connectivity index (χ1v) is 23.4. The Hall–Kier alpha value is -4.76. The summed E-state index contributed by atoms with van der Waals surface area (Å²) < 4.78 is 27.8. The highest BCUT2D eigenvalue weighted by Gasteiger charge is 2.51. The quantitative estimate of drug-likeness (QED) is 0.205. The molecular weight excluding hydrogens is 811 g/mol. The van der Waals surface area contributed by atoms with Gasteiger partial charge in [-0.2, -0.15) is 0 Å². The summed E-state index contributed by atoms with van der Waals surface area (Å²) in [7, 11) is 2.11. The second kappa shape index (κ2) is 18.9. The summed E-state index contributed by atoms with van der Waals surface area (Å²) in [6, 6.07) is 6.46. The molecule has 7 rings (SSSR count). The predicted molar refractivity (Wildman–Crippen MR) is 234 cm³/mol. The van der Waals surface area contributed by atoms with Crippen LogP contribution in [0.15, 0.2) is 78.8 Å². The third-order valence-electron chi connectivity index (χ3n) is 13.7. The zero-order chi connectivity index (χ0) is 44.5. The molecule has 1 aromatic carbocycles. The summed E-state index contributed by atoms with van der Waals surface area (Å²) in [6.45, 7) is 9.42. The number of ether oxygens (including phenoxy) is 2. The minimum absolute atomic E-state index is 0.0251. The highest BCUT2D eigenvalue weighted by molar-refractivity contribution is 7.84. The highest BCUT2D eigenvalue weighted by atomic mass is 32.2. The van der Waals surface area contributed by atoms with Crippen LogP contribution in [-0.2, 0) is 44.4 Å². The van der Waals surface area contributed by atoms with Gasteiger partial charge in [-0.15, -0.1) is 6.58 Å². The van der Waals surface area contributed by atoms with Gasteiger partial charge in [-0.05, 0) is 80.7 Å². The van der Waals surface area contributed by atoms with E-state index in [0.717, 1.165) is 49.8 Å². The summed E-state index contributed by atoms with van der Waals surface area (Å²) in [6.07, 6.45) is 14.3. The van der Waals surface area contributed by atoms with E-state index in [-0.39, 0.29) is 66.9 Å². The van der Waals surface area contributed by atoms with Crippen molar-refractivity contribution in [1.82, 2.24) is 24.7 Å². The van der Waals surface area contributed by atoms with Gasteiger partial charge in [0, 0.05) is 24.9 Å². The largest absolute Gasteiger partial charge is 0.497 e. The van der Waals surface area contributed by atoms with E-state index in [1.807, 2.05) is 51.1 Å². The molecule has 0 spiro atoms. The second-order valence-electron chi connectivity index (χ2n) is 18.9. The smallest absolute Gasteiger partial charge is 0.326 e. The number of benzene rings is 1. The van der Waals surface area contributed by atoms with Gasteiger partial charge in [0.25, 0.3) is 5.91 Å². The number of rotatable bonds is 15. The lowest BCUT2D eigenvalue weighted by atomic mass is 9.77. The van der Waals surface area contributed by atoms with Crippen molar-refractivity contribution < 1.29 is 42.8 Å². The summed E-state index contributed by atoms with van der Waals surface area (Å²) in [5.74, 6) is -2.62. The van der Waals surface area contributed by atoms with Crippen molar-refractivity contribution in [2.75, 3.05) is 20.7 Å². The van der Waals surface area contributed by atoms with Crippen LogP contribution in [0.2, 0.25) is 0 Å². The van der Waals surface area contributed by atoms with Gasteiger partial charge in [-0.3, -0.25) is 28.8 Å². The minimum Gasteiger partial charge on any atom is -0.497 e. The molecule has 2 saturated carbocycles. The number of carboxylic acids is 1. The lowest BCUT2D eigenvalue weighted by Crippen LogP contribution is -2.55. The van der Waals surface area contributed by atoms with Crippen LogP contribution in [0.3, 0.4) is 0 Å². The number of carbonyl (C=O) groups is 5. The number of likely N-dealkylation sites (N-methyl/N-ethyl adjacent to an activating group) is 1. The zero-order valence-electron chi connectivity index (χ0n) is 36.6. The number of hydrogen-bond donors (Lipinski definition) is 3. The van der Waals surface area contributed by atoms with Crippen molar-refractivity contribution in [3.8, 4) is 0 Å². The number of nitrogens with zero attached hydrogens (tertiary/aromatic N) is 3. The van der Waals surface area contributed by atoms with E-state index in [2.05, 4.69) is 52.9 Å². The van der Waals surface area contributed by atoms with Crippen molar-refractivity contribution in [1.29, 1.82) is 0 Å². The molecule has 11 atom stereocenters. The number of carboxylic acid groups (broad SMARTS) is 1. The van der Waals surface area contributed by atoms with Crippen LogP contribution in [0.1, 0.15) is 96.6 Å². The molecule has 336 valence electrons. The Morgan fingerprint density at radius 2 is 1.74 bits per heavy atom. The Kier molecular flexibility index (Phi) is 13.8. The molecule has 3 heterocycles. The maximum absolute atomic E-state index is 15.2. The number of amides is 4. The first kappa shape index (κ1) is 45.3. The minimum atomic E-state index is -1.58. The number of nitrogens with one attached hydrogen (secondary N) is 2. The summed E-state index contributed by atoms with van der Waals surface area (Å²) in [4.78, 5) is 75.3. The molecule has 15 heteroatoms. The van der Waals surface area contributed by atoms with E-state index in [1.165, 1.54) is 15.9 Å². The van der Waals surface area contributed by atoms with Crippen molar-refractivity contribution in [2.24, 2.45) is 23.2 Å². The lowest BCUT2D eigenvalue weighted by molar-refractivity contribution is -0.153. The molecule has 0 aromatic heterocycles. The van der Waals surface area contributed by atoms with Gasteiger partial charge < -0.3 is 29.7 Å². The molecule has 0 bridgehead atoms. The summed E-state index contributed by atoms with van der Waals surface area (Å²) in [5.41, 5.74) is 0.298. The molecule has 3 aliphatic heterocycles. The second-order valence-corrected chi connectivity index (χ2v) is 20.4.